The first-order valence-corrected chi connectivity index (χ1v) is 5.72. The highest BCUT2D eigenvalue weighted by Gasteiger charge is 2.26. The Kier molecular flexibility index (Phi) is 5.05. The van der Waals surface area contributed by atoms with Gasteiger partial charge in [0.1, 0.15) is 12.1 Å². The van der Waals surface area contributed by atoms with Gasteiger partial charge in [0.2, 0.25) is 0 Å². The Morgan fingerprint density at radius 2 is 2.20 bits per heavy atom. The molecular formula is C11H21NO3. The van der Waals surface area contributed by atoms with Crippen LogP contribution in [0.5, 0.6) is 0 Å². The standard InChI is InChI=1S/C11H21NO3/c1-8-4-2-3-5-10(8)15-11(14)9(12)6-7-13/h8-10,13H,2-7,12H2,1H3/t8?,9-,10?/m1/s1. The average Bonchev–Trinajstić information content (AvgIpc) is 2.21. The van der Waals surface area contributed by atoms with Crippen LogP contribution < -0.4 is 5.73 Å². The molecule has 88 valence electrons. The Labute approximate surface area is 90.8 Å². The van der Waals surface area contributed by atoms with Crippen LogP contribution in [0.15, 0.2) is 0 Å². The lowest BCUT2D eigenvalue weighted by molar-refractivity contribution is -0.155. The van der Waals surface area contributed by atoms with Gasteiger partial charge in [0, 0.05) is 6.61 Å². The number of carbonyl (C=O) groups is 1. The molecule has 1 aliphatic carbocycles. The van der Waals surface area contributed by atoms with Crippen molar-refractivity contribution in [3.63, 3.8) is 0 Å². The maximum Gasteiger partial charge on any atom is 0.323 e. The van der Waals surface area contributed by atoms with E-state index in [0.717, 1.165) is 19.3 Å². The Morgan fingerprint density at radius 3 is 2.80 bits per heavy atom. The van der Waals surface area contributed by atoms with Crippen molar-refractivity contribution < 1.29 is 14.6 Å². The molecule has 0 aromatic heterocycles. The van der Waals surface area contributed by atoms with Crippen LogP contribution in [0.4, 0.5) is 0 Å². The molecule has 2 unspecified atom stereocenters. The first-order chi connectivity index (χ1) is 7.15. The van der Waals surface area contributed by atoms with Crippen molar-refractivity contribution in [2.75, 3.05) is 6.61 Å². The summed E-state index contributed by atoms with van der Waals surface area (Å²) in [4.78, 5) is 11.5. The van der Waals surface area contributed by atoms with Crippen LogP contribution in [-0.2, 0) is 9.53 Å². The topological polar surface area (TPSA) is 72.5 Å². The van der Waals surface area contributed by atoms with Gasteiger partial charge in [-0.25, -0.2) is 0 Å². The smallest absolute Gasteiger partial charge is 0.323 e. The molecule has 0 aromatic rings. The third-order valence-electron chi connectivity index (χ3n) is 3.04. The number of aliphatic hydroxyl groups is 1. The van der Waals surface area contributed by atoms with Gasteiger partial charge in [0.25, 0.3) is 0 Å². The number of hydrogen-bond acceptors (Lipinski definition) is 4. The molecule has 15 heavy (non-hydrogen) atoms. The summed E-state index contributed by atoms with van der Waals surface area (Å²) in [5.74, 6) is 0.0619. The third-order valence-corrected chi connectivity index (χ3v) is 3.04. The lowest BCUT2D eigenvalue weighted by atomic mass is 9.88. The molecule has 0 spiro atoms. The summed E-state index contributed by atoms with van der Waals surface area (Å²) in [5, 5.41) is 8.66. The summed E-state index contributed by atoms with van der Waals surface area (Å²) in [6.07, 6.45) is 4.71. The quantitative estimate of drug-likeness (QED) is 0.681. The van der Waals surface area contributed by atoms with Crippen molar-refractivity contribution >= 4 is 5.97 Å². The summed E-state index contributed by atoms with van der Waals surface area (Å²) in [6, 6.07) is -0.677. The van der Waals surface area contributed by atoms with E-state index in [0.29, 0.717) is 5.92 Å². The fraction of sp³-hybridized carbons (Fsp3) is 0.909. The van der Waals surface area contributed by atoms with Crippen LogP contribution in [0.25, 0.3) is 0 Å². The summed E-state index contributed by atoms with van der Waals surface area (Å²) in [5.41, 5.74) is 5.56. The summed E-state index contributed by atoms with van der Waals surface area (Å²) in [7, 11) is 0. The molecule has 0 saturated heterocycles. The Bertz CT molecular complexity index is 208. The predicted molar refractivity (Wildman–Crippen MR) is 57.2 cm³/mol. The van der Waals surface area contributed by atoms with Crippen molar-refractivity contribution in [3.05, 3.63) is 0 Å². The zero-order valence-electron chi connectivity index (χ0n) is 9.32. The van der Waals surface area contributed by atoms with E-state index in [4.69, 9.17) is 15.6 Å². The Morgan fingerprint density at radius 1 is 1.53 bits per heavy atom. The van der Waals surface area contributed by atoms with Crippen molar-refractivity contribution in [2.45, 2.75) is 51.2 Å². The fourth-order valence-corrected chi connectivity index (χ4v) is 1.95. The van der Waals surface area contributed by atoms with Crippen LogP contribution in [0.1, 0.15) is 39.0 Å². The molecule has 3 atom stereocenters. The van der Waals surface area contributed by atoms with E-state index in [1.807, 2.05) is 0 Å². The second-order valence-corrected chi connectivity index (χ2v) is 4.36. The predicted octanol–water partition coefficient (Wildman–Crippen LogP) is 0.818. The van der Waals surface area contributed by atoms with Crippen LogP contribution >= 0.6 is 0 Å². The molecule has 3 N–H and O–H groups in total. The van der Waals surface area contributed by atoms with Crippen LogP contribution in [-0.4, -0.2) is 29.8 Å². The van der Waals surface area contributed by atoms with Gasteiger partial charge in [-0.15, -0.1) is 0 Å². The van der Waals surface area contributed by atoms with Gasteiger partial charge in [-0.05, 0) is 31.6 Å². The highest BCUT2D eigenvalue weighted by molar-refractivity contribution is 5.75. The lowest BCUT2D eigenvalue weighted by Crippen LogP contribution is -2.38. The minimum Gasteiger partial charge on any atom is -0.461 e. The van der Waals surface area contributed by atoms with Crippen molar-refractivity contribution in [2.24, 2.45) is 11.7 Å². The van der Waals surface area contributed by atoms with Gasteiger partial charge in [-0.3, -0.25) is 4.79 Å². The van der Waals surface area contributed by atoms with Crippen LogP contribution in [0.3, 0.4) is 0 Å². The molecule has 1 aliphatic rings. The van der Waals surface area contributed by atoms with Gasteiger partial charge in [0.15, 0.2) is 0 Å². The van der Waals surface area contributed by atoms with E-state index in [9.17, 15) is 4.79 Å². The second-order valence-electron chi connectivity index (χ2n) is 4.36. The summed E-state index contributed by atoms with van der Waals surface area (Å²) >= 11 is 0. The van der Waals surface area contributed by atoms with E-state index in [1.54, 1.807) is 0 Å². The number of hydrogen-bond donors (Lipinski definition) is 2. The van der Waals surface area contributed by atoms with E-state index in [2.05, 4.69) is 6.92 Å². The van der Waals surface area contributed by atoms with Gasteiger partial charge >= 0.3 is 5.97 Å². The molecule has 0 bridgehead atoms. The molecule has 4 nitrogen and oxygen atoms in total. The Hall–Kier alpha value is -0.610. The first-order valence-electron chi connectivity index (χ1n) is 5.72. The van der Waals surface area contributed by atoms with Gasteiger partial charge < -0.3 is 15.6 Å². The molecule has 0 radical (unpaired) electrons. The van der Waals surface area contributed by atoms with E-state index in [-0.39, 0.29) is 25.1 Å². The molecule has 4 heteroatoms. The second kappa shape index (κ2) is 6.08. The molecule has 0 aromatic carbocycles. The van der Waals surface area contributed by atoms with Crippen LogP contribution in [0, 0.1) is 5.92 Å². The van der Waals surface area contributed by atoms with E-state index < -0.39 is 6.04 Å². The number of rotatable bonds is 4. The van der Waals surface area contributed by atoms with Gasteiger partial charge in [-0.1, -0.05) is 13.3 Å². The van der Waals surface area contributed by atoms with Crippen molar-refractivity contribution in [1.82, 2.24) is 0 Å². The van der Waals surface area contributed by atoms with E-state index >= 15 is 0 Å². The molecular weight excluding hydrogens is 194 g/mol. The Balaban J connectivity index is 2.35. The molecule has 0 heterocycles. The number of esters is 1. The van der Waals surface area contributed by atoms with Gasteiger partial charge in [-0.2, -0.15) is 0 Å². The number of nitrogens with two attached hydrogens (primary N) is 1. The SMILES string of the molecule is CC1CCCCC1OC(=O)[C@H](N)CCO. The molecule has 1 rings (SSSR count). The van der Waals surface area contributed by atoms with Crippen LogP contribution in [0.2, 0.25) is 0 Å². The van der Waals surface area contributed by atoms with Crippen molar-refractivity contribution in [3.8, 4) is 0 Å². The monoisotopic (exact) mass is 215 g/mol. The molecule has 1 fully saturated rings. The minimum absolute atomic E-state index is 0.0241. The molecule has 1 saturated carbocycles. The molecule has 0 aliphatic heterocycles. The minimum atomic E-state index is -0.677. The zero-order valence-corrected chi connectivity index (χ0v) is 9.32. The normalized spacial score (nSPS) is 28.5. The average molecular weight is 215 g/mol. The van der Waals surface area contributed by atoms with E-state index in [1.165, 1.54) is 6.42 Å². The number of aliphatic hydroxyl groups excluding tert-OH is 1. The third kappa shape index (κ3) is 3.80. The fourth-order valence-electron chi connectivity index (χ4n) is 1.95. The maximum absolute atomic E-state index is 11.5. The number of ether oxygens (including phenoxy) is 1. The molecule has 0 amide bonds. The summed E-state index contributed by atoms with van der Waals surface area (Å²) in [6.45, 7) is 2.03. The van der Waals surface area contributed by atoms with Gasteiger partial charge in [0.05, 0.1) is 0 Å². The maximum atomic E-state index is 11.5. The summed E-state index contributed by atoms with van der Waals surface area (Å²) < 4.78 is 5.34. The zero-order chi connectivity index (χ0) is 11.3. The highest BCUT2D eigenvalue weighted by Crippen LogP contribution is 2.26. The first kappa shape index (κ1) is 12.5. The van der Waals surface area contributed by atoms with Crippen molar-refractivity contribution in [1.29, 1.82) is 0 Å². The lowest BCUT2D eigenvalue weighted by Gasteiger charge is -2.29. The largest absolute Gasteiger partial charge is 0.461 e. The highest BCUT2D eigenvalue weighted by atomic mass is 16.5. The number of carbonyl (C=O) groups excluding carboxylic acids is 1.